The van der Waals surface area contributed by atoms with Gasteiger partial charge >= 0.3 is 5.97 Å². The van der Waals surface area contributed by atoms with Gasteiger partial charge in [-0.25, -0.2) is 13.2 Å². The first-order valence-corrected chi connectivity index (χ1v) is 35.9. The molecule has 0 saturated carbocycles. The minimum absolute atomic E-state index is 0.330. The van der Waals surface area contributed by atoms with Crippen LogP contribution in [0.5, 0.6) is 0 Å². The third-order valence-electron chi connectivity index (χ3n) is 17.9. The number of esters is 1. The van der Waals surface area contributed by atoms with Crippen LogP contribution >= 0.6 is 11.8 Å². The lowest BCUT2D eigenvalue weighted by molar-refractivity contribution is -0.138. The summed E-state index contributed by atoms with van der Waals surface area (Å²) in [6.45, 7) is 32.5. The van der Waals surface area contributed by atoms with E-state index in [1.165, 1.54) is 110 Å². The maximum Gasteiger partial charge on any atom is 0.333 e. The normalized spacial score (nSPS) is 12.2. The highest BCUT2D eigenvalue weighted by Crippen LogP contribution is 2.49. The molecule has 14 aromatic rings. The van der Waals surface area contributed by atoms with Crippen LogP contribution in [-0.4, -0.2) is 54.5 Å². The largest absolute Gasteiger partial charge is 0.500 e. The first-order chi connectivity index (χ1) is 49.1. The molecule has 13 heteroatoms. The van der Waals surface area contributed by atoms with Gasteiger partial charge in [0.25, 0.3) is 0 Å². The van der Waals surface area contributed by atoms with Gasteiger partial charge in [-0.05, 0) is 161 Å². The van der Waals surface area contributed by atoms with Crippen molar-refractivity contribution in [3.63, 3.8) is 0 Å². The van der Waals surface area contributed by atoms with Crippen molar-refractivity contribution in [2.75, 3.05) is 36.2 Å². The number of anilines is 5. The number of fused-ring (bicyclic) bond motifs is 13. The number of sulfone groups is 1. The van der Waals surface area contributed by atoms with Crippen molar-refractivity contribution in [3.8, 4) is 0 Å². The molecule has 11 aromatic carbocycles. The molecular weight excluding hydrogens is 1290 g/mol. The Labute approximate surface area is 596 Å². The molecule has 0 fully saturated rings. The van der Waals surface area contributed by atoms with Gasteiger partial charge in [0.15, 0.2) is 0 Å². The van der Waals surface area contributed by atoms with Crippen molar-refractivity contribution in [2.24, 2.45) is 0 Å². The molecule has 0 unspecified atom stereocenters. The summed E-state index contributed by atoms with van der Waals surface area (Å²) in [5.74, 6) is -0.340. The number of ether oxygens (including phenoxy) is 3. The van der Waals surface area contributed by atoms with E-state index in [2.05, 4.69) is 225 Å². The lowest BCUT2D eigenvalue weighted by Crippen LogP contribution is -2.26. The molecule has 0 bridgehead atoms. The molecule has 5 heterocycles. The molecule has 0 N–H and O–H groups in total. The Morgan fingerprint density at radius 2 is 0.851 bits per heavy atom. The summed E-state index contributed by atoms with van der Waals surface area (Å²) in [6, 6.07) is 82.0. The zero-order valence-corrected chi connectivity index (χ0v) is 59.3. The van der Waals surface area contributed by atoms with Gasteiger partial charge in [-0.15, -0.1) is 0 Å². The van der Waals surface area contributed by atoms with Crippen LogP contribution in [-0.2, 0) is 41.9 Å². The zero-order chi connectivity index (χ0) is 70.7. The Balaban J connectivity index is 0.000000120. The molecule has 0 spiro atoms. The van der Waals surface area contributed by atoms with Crippen LogP contribution in [0.2, 0.25) is 0 Å². The van der Waals surface area contributed by atoms with Crippen molar-refractivity contribution < 1.29 is 27.4 Å². The summed E-state index contributed by atoms with van der Waals surface area (Å²) in [6.07, 6.45) is 6.66. The van der Waals surface area contributed by atoms with E-state index in [4.69, 9.17) is 14.2 Å². The molecule has 2 aliphatic rings. The van der Waals surface area contributed by atoms with Gasteiger partial charge in [-0.1, -0.05) is 195 Å². The highest BCUT2D eigenvalue weighted by molar-refractivity contribution is 7.99. The van der Waals surface area contributed by atoms with Crippen molar-refractivity contribution >= 4 is 134 Å². The Morgan fingerprint density at radius 3 is 1.35 bits per heavy atom. The fourth-order valence-electron chi connectivity index (χ4n) is 13.1. The summed E-state index contributed by atoms with van der Waals surface area (Å²) in [5.41, 5.74) is 18.7. The molecule has 0 saturated heterocycles. The molecule has 0 atom stereocenters. The van der Waals surface area contributed by atoms with Crippen LogP contribution in [0.4, 0.5) is 28.4 Å². The number of carbonyl (C=O) groups excluding carboxylic acids is 1. The van der Waals surface area contributed by atoms with E-state index in [-0.39, 0.29) is 5.97 Å². The summed E-state index contributed by atoms with van der Waals surface area (Å²) in [5, 5.41) is 7.84. The standard InChI is InChI=1S/C20H15NO2S.C18H17NO2S.C18H19NO.C17H17NO.C15H13N/c1-2-15-11-13-16(14-12-15)21-17-7-3-5-9-19(17)24(22,23)20-10-6-4-8-18(20)21;1-13(2)18(20)21-12-11-19-14-7-3-5-9-16(14)22-17-10-6-4-8-15(17)19;1-4-20-10-9-19-17-7-5-13(2)11-15(17)16-12-14(3)6-8-18(16)19;1-3-19-11-10-18-16-7-5-4-6-14(16)15-12-13(2)8-9-17(15)18;1-3-16-14-7-5-4-6-12(14)13-9-8-11(2)10-15(13)16/h2-14H,1H2;3-10H,1,11-12H2,2H3;4-8,11-12H,1,9-10H2,2-3H3;3-9,12H,1,10-11H2,2H3;3-10H,1H2,2H3. The van der Waals surface area contributed by atoms with E-state index in [0.29, 0.717) is 53.1 Å². The van der Waals surface area contributed by atoms with Gasteiger partial charge in [-0.2, -0.15) is 0 Å². The van der Waals surface area contributed by atoms with Gasteiger partial charge in [0.2, 0.25) is 9.84 Å². The van der Waals surface area contributed by atoms with Gasteiger partial charge in [0, 0.05) is 81.6 Å². The maximum absolute atomic E-state index is 12.9. The fraction of sp³-hybridized carbons (Fsp3) is 0.125. The molecule has 11 nitrogen and oxygen atoms in total. The molecule has 2 aliphatic heterocycles. The number of hydrogen-bond acceptors (Lipinski definition) is 9. The van der Waals surface area contributed by atoms with Crippen LogP contribution in [0.1, 0.15) is 34.7 Å². The third-order valence-corrected chi connectivity index (χ3v) is 20.8. The molecule has 101 heavy (non-hydrogen) atoms. The average molecular weight is 1370 g/mol. The highest BCUT2D eigenvalue weighted by Gasteiger charge is 2.34. The topological polar surface area (TPSA) is 100 Å². The van der Waals surface area contributed by atoms with Gasteiger partial charge in [0.05, 0.1) is 75.7 Å². The number of aryl methyl sites for hydroxylation is 4. The minimum Gasteiger partial charge on any atom is -0.500 e. The van der Waals surface area contributed by atoms with Crippen molar-refractivity contribution in [1.29, 1.82) is 0 Å². The van der Waals surface area contributed by atoms with Crippen LogP contribution in [0.3, 0.4) is 0 Å². The maximum atomic E-state index is 12.9. The van der Waals surface area contributed by atoms with E-state index in [1.807, 2.05) is 83.9 Å². The highest BCUT2D eigenvalue weighted by atomic mass is 32.2. The van der Waals surface area contributed by atoms with E-state index in [9.17, 15) is 13.2 Å². The van der Waals surface area contributed by atoms with Crippen molar-refractivity contribution in [3.05, 3.63) is 321 Å². The van der Waals surface area contributed by atoms with Crippen LogP contribution in [0.25, 0.3) is 77.7 Å². The predicted octanol–water partition coefficient (Wildman–Crippen LogP) is 22.4. The fourth-order valence-corrected chi connectivity index (χ4v) is 15.9. The molecular formula is C88H81N5O6S2. The first-order valence-electron chi connectivity index (χ1n) is 33.6. The van der Waals surface area contributed by atoms with Gasteiger partial charge in [-0.3, -0.25) is 0 Å². The first kappa shape index (κ1) is 69.4. The predicted molar refractivity (Wildman–Crippen MR) is 422 cm³/mol. The molecule has 16 rings (SSSR count). The summed E-state index contributed by atoms with van der Waals surface area (Å²) in [4.78, 5) is 18.8. The molecule has 3 aromatic heterocycles. The van der Waals surface area contributed by atoms with Crippen LogP contribution < -0.4 is 9.80 Å². The third kappa shape index (κ3) is 14.7. The quantitative estimate of drug-likeness (QED) is 0.0430. The second kappa shape index (κ2) is 31.1. The Hall–Kier alpha value is -11.5. The van der Waals surface area contributed by atoms with Gasteiger partial charge < -0.3 is 37.7 Å². The van der Waals surface area contributed by atoms with Crippen LogP contribution in [0, 0.1) is 27.7 Å². The van der Waals surface area contributed by atoms with E-state index in [1.54, 1.807) is 49.0 Å². The van der Waals surface area contributed by atoms with Gasteiger partial charge in [0.1, 0.15) is 19.8 Å². The lowest BCUT2D eigenvalue weighted by Gasteiger charge is -2.32. The second-order valence-corrected chi connectivity index (χ2v) is 27.7. The Morgan fingerprint density at radius 1 is 0.436 bits per heavy atom. The Kier molecular flexibility index (Phi) is 21.4. The number of nitrogens with zero attached hydrogens (tertiary/aromatic N) is 5. The molecule has 0 aliphatic carbocycles. The number of para-hydroxylation sites is 6. The van der Waals surface area contributed by atoms with E-state index >= 15 is 0 Å². The van der Waals surface area contributed by atoms with Crippen molar-refractivity contribution in [1.82, 2.24) is 13.7 Å². The van der Waals surface area contributed by atoms with E-state index < -0.39 is 9.84 Å². The number of rotatable bonds is 15. The number of carbonyl (C=O) groups is 1. The minimum atomic E-state index is -3.51. The summed E-state index contributed by atoms with van der Waals surface area (Å²) in [7, 11) is -3.51. The smallest absolute Gasteiger partial charge is 0.333 e. The number of aromatic nitrogens is 3. The number of hydrogen-bond donors (Lipinski definition) is 0. The second-order valence-electron chi connectivity index (χ2n) is 24.7. The van der Waals surface area contributed by atoms with E-state index in [0.717, 1.165) is 35.7 Å². The summed E-state index contributed by atoms with van der Waals surface area (Å²) >= 11 is 1.77. The Bertz CT molecular complexity index is 5410. The molecule has 0 amide bonds. The van der Waals surface area contributed by atoms with Crippen molar-refractivity contribution in [2.45, 2.75) is 67.3 Å². The SMILES string of the molecule is C=C(C)C(=O)OCCN1c2ccccc2Sc2ccccc21.C=COCCn1c2ccc(C)cc2c2cc(C)ccc21.C=COCCn1c2ccccc2c2cc(C)ccc21.C=Cc1ccc(N2c3ccccc3S(=O)(=O)c3ccccc32)cc1.C=Cn1c2ccccc2c2ccc(C)cc21. The number of benzene rings is 11. The monoisotopic (exact) mass is 1370 g/mol. The molecule has 506 valence electrons. The lowest BCUT2D eigenvalue weighted by atomic mass is 10.1. The average Bonchev–Trinajstić information content (AvgIpc) is 1.71. The molecule has 0 radical (unpaired) electrons. The zero-order valence-electron chi connectivity index (χ0n) is 57.7. The summed E-state index contributed by atoms with van der Waals surface area (Å²) < 4.78 is 48.5. The van der Waals surface area contributed by atoms with Crippen LogP contribution in [0.15, 0.2) is 313 Å².